The molecule has 3 aromatic carbocycles. The summed E-state index contributed by atoms with van der Waals surface area (Å²) in [4.78, 5) is 16.1. The van der Waals surface area contributed by atoms with E-state index in [0.717, 1.165) is 22.1 Å². The van der Waals surface area contributed by atoms with E-state index in [4.69, 9.17) is 0 Å². The summed E-state index contributed by atoms with van der Waals surface area (Å²) in [5.74, 6) is -0.678. The molecule has 0 spiro atoms. The maximum absolute atomic E-state index is 13.6. The van der Waals surface area contributed by atoms with Crippen molar-refractivity contribution in [2.75, 3.05) is 6.61 Å². The molecule has 152 valence electrons. The van der Waals surface area contributed by atoms with E-state index < -0.39 is 6.04 Å². The Morgan fingerprint density at radius 3 is 2.30 bits per heavy atom. The smallest absolute Gasteiger partial charge is 0.221 e. The van der Waals surface area contributed by atoms with E-state index in [9.17, 15) is 14.3 Å². The molecule has 0 aliphatic rings. The van der Waals surface area contributed by atoms with Gasteiger partial charge in [0.2, 0.25) is 5.91 Å². The molecule has 4 rings (SSSR count). The third-order valence-electron chi connectivity index (χ3n) is 5.36. The number of aliphatic hydroxyl groups is 1. The van der Waals surface area contributed by atoms with Crippen molar-refractivity contribution in [3.8, 4) is 0 Å². The van der Waals surface area contributed by atoms with Gasteiger partial charge in [-0.2, -0.15) is 0 Å². The lowest BCUT2D eigenvalue weighted by Gasteiger charge is -2.21. The van der Waals surface area contributed by atoms with Crippen LogP contribution in [0.3, 0.4) is 0 Å². The minimum absolute atomic E-state index is 0.164. The Kier molecular flexibility index (Phi) is 5.91. The van der Waals surface area contributed by atoms with Gasteiger partial charge in [0, 0.05) is 29.4 Å². The van der Waals surface area contributed by atoms with Crippen molar-refractivity contribution in [3.63, 3.8) is 0 Å². The van der Waals surface area contributed by atoms with Gasteiger partial charge in [-0.3, -0.25) is 4.79 Å². The van der Waals surface area contributed by atoms with Crippen LogP contribution in [0.1, 0.15) is 35.1 Å². The quantitative estimate of drug-likeness (QED) is 0.420. The van der Waals surface area contributed by atoms with Crippen LogP contribution in [-0.2, 0) is 4.79 Å². The molecular weight excluding hydrogens is 379 g/mol. The number of benzene rings is 3. The number of aromatic nitrogens is 1. The minimum Gasteiger partial charge on any atom is -0.394 e. The van der Waals surface area contributed by atoms with Crippen molar-refractivity contribution in [2.45, 2.75) is 18.4 Å². The predicted octanol–water partition coefficient (Wildman–Crippen LogP) is 4.68. The summed E-state index contributed by atoms with van der Waals surface area (Å²) >= 11 is 0. The third-order valence-corrected chi connectivity index (χ3v) is 5.36. The van der Waals surface area contributed by atoms with E-state index in [0.29, 0.717) is 5.52 Å². The van der Waals surface area contributed by atoms with Crippen molar-refractivity contribution in [1.82, 2.24) is 10.3 Å². The Balaban J connectivity index is 1.63. The van der Waals surface area contributed by atoms with E-state index in [1.165, 1.54) is 12.1 Å². The highest BCUT2D eigenvalue weighted by atomic mass is 19.1. The summed E-state index contributed by atoms with van der Waals surface area (Å²) in [5, 5.41) is 13.6. The van der Waals surface area contributed by atoms with Crippen LogP contribution >= 0.6 is 0 Å². The lowest BCUT2D eigenvalue weighted by atomic mass is 9.88. The number of aliphatic hydroxyl groups excluding tert-OH is 1. The molecule has 0 bridgehead atoms. The number of fused-ring (bicyclic) bond motifs is 1. The average molecular weight is 402 g/mol. The fourth-order valence-electron chi connectivity index (χ4n) is 3.86. The number of aromatic amines is 1. The van der Waals surface area contributed by atoms with Crippen molar-refractivity contribution in [3.05, 3.63) is 108 Å². The van der Waals surface area contributed by atoms with Crippen LogP contribution in [0, 0.1) is 5.82 Å². The molecule has 0 radical (unpaired) electrons. The maximum Gasteiger partial charge on any atom is 0.221 e. The van der Waals surface area contributed by atoms with E-state index >= 15 is 0 Å². The predicted molar refractivity (Wildman–Crippen MR) is 116 cm³/mol. The largest absolute Gasteiger partial charge is 0.394 e. The van der Waals surface area contributed by atoms with Crippen molar-refractivity contribution >= 4 is 16.8 Å². The van der Waals surface area contributed by atoms with Gasteiger partial charge in [-0.25, -0.2) is 4.39 Å². The molecule has 0 aliphatic heterocycles. The topological polar surface area (TPSA) is 65.1 Å². The standard InChI is InChI=1S/C25H23FN2O2/c26-19-11-12-20-22(15-27-23(20)13-19)21(17-7-3-1-4-8-17)14-25(30)28-24(16-29)18-9-5-2-6-10-18/h1-13,15,21,24,27,29H,14,16H2,(H,28,30)/t21?,24-/m0/s1. The third kappa shape index (κ3) is 4.26. The first kappa shape index (κ1) is 19.9. The summed E-state index contributed by atoms with van der Waals surface area (Å²) in [6, 6.07) is 23.4. The maximum atomic E-state index is 13.6. The molecule has 0 saturated carbocycles. The van der Waals surface area contributed by atoms with Crippen molar-refractivity contribution in [1.29, 1.82) is 0 Å². The van der Waals surface area contributed by atoms with Crippen LogP contribution in [0.2, 0.25) is 0 Å². The van der Waals surface area contributed by atoms with Crippen molar-refractivity contribution in [2.24, 2.45) is 0 Å². The Labute approximate surface area is 174 Å². The van der Waals surface area contributed by atoms with Crippen LogP contribution in [0.4, 0.5) is 4.39 Å². The van der Waals surface area contributed by atoms with Gasteiger partial charge in [0.15, 0.2) is 0 Å². The highest BCUT2D eigenvalue weighted by molar-refractivity contribution is 5.86. The number of hydrogen-bond acceptors (Lipinski definition) is 2. The zero-order valence-electron chi connectivity index (χ0n) is 16.4. The molecule has 4 aromatic rings. The second-order valence-electron chi connectivity index (χ2n) is 7.31. The van der Waals surface area contributed by atoms with Crippen LogP contribution in [0.25, 0.3) is 10.9 Å². The van der Waals surface area contributed by atoms with Gasteiger partial charge < -0.3 is 15.4 Å². The van der Waals surface area contributed by atoms with Gasteiger partial charge in [-0.1, -0.05) is 60.7 Å². The number of nitrogens with one attached hydrogen (secondary N) is 2. The van der Waals surface area contributed by atoms with Gasteiger partial charge in [0.05, 0.1) is 12.6 Å². The monoisotopic (exact) mass is 402 g/mol. The molecule has 0 aliphatic carbocycles. The number of rotatable bonds is 7. The van der Waals surface area contributed by atoms with Gasteiger partial charge in [-0.15, -0.1) is 0 Å². The number of hydrogen-bond donors (Lipinski definition) is 3. The Hall–Kier alpha value is -3.44. The lowest BCUT2D eigenvalue weighted by molar-refractivity contribution is -0.122. The second-order valence-corrected chi connectivity index (χ2v) is 7.31. The molecule has 1 heterocycles. The second kappa shape index (κ2) is 8.93. The van der Waals surface area contributed by atoms with Crippen LogP contribution < -0.4 is 5.32 Å². The van der Waals surface area contributed by atoms with Crippen LogP contribution in [0.5, 0.6) is 0 Å². The number of carbonyl (C=O) groups is 1. The molecule has 5 heteroatoms. The molecule has 30 heavy (non-hydrogen) atoms. The van der Waals surface area contributed by atoms with Gasteiger partial charge in [0.1, 0.15) is 5.82 Å². The molecule has 0 fully saturated rings. The summed E-state index contributed by atoms with van der Waals surface area (Å²) < 4.78 is 13.6. The summed E-state index contributed by atoms with van der Waals surface area (Å²) in [5.41, 5.74) is 3.49. The van der Waals surface area contributed by atoms with Gasteiger partial charge >= 0.3 is 0 Å². The first-order valence-corrected chi connectivity index (χ1v) is 9.92. The molecule has 4 nitrogen and oxygen atoms in total. The Bertz CT molecular complexity index is 1130. The molecular formula is C25H23FN2O2. The first-order chi connectivity index (χ1) is 14.7. The summed E-state index contributed by atoms with van der Waals surface area (Å²) in [6.45, 7) is -0.182. The number of amides is 1. The molecule has 1 amide bonds. The SMILES string of the molecule is O=C(CC(c1ccccc1)c1c[nH]c2cc(F)ccc12)N[C@@H](CO)c1ccccc1. The van der Waals surface area contributed by atoms with E-state index in [1.54, 1.807) is 6.07 Å². The minimum atomic E-state index is -0.466. The molecule has 1 aromatic heterocycles. The van der Waals surface area contributed by atoms with Gasteiger partial charge in [-0.05, 0) is 34.9 Å². The summed E-state index contributed by atoms with van der Waals surface area (Å²) in [6.07, 6.45) is 2.05. The van der Waals surface area contributed by atoms with Gasteiger partial charge in [0.25, 0.3) is 0 Å². The van der Waals surface area contributed by atoms with Crippen LogP contribution in [0.15, 0.2) is 85.1 Å². The normalized spacial score (nSPS) is 13.1. The number of halogens is 1. The highest BCUT2D eigenvalue weighted by Crippen LogP contribution is 2.33. The lowest BCUT2D eigenvalue weighted by Crippen LogP contribution is -2.31. The molecule has 0 saturated heterocycles. The number of H-pyrrole nitrogens is 1. The Morgan fingerprint density at radius 1 is 0.967 bits per heavy atom. The fourth-order valence-corrected chi connectivity index (χ4v) is 3.86. The van der Waals surface area contributed by atoms with E-state index in [1.807, 2.05) is 66.9 Å². The zero-order chi connectivity index (χ0) is 20.9. The van der Waals surface area contributed by atoms with E-state index in [2.05, 4.69) is 10.3 Å². The highest BCUT2D eigenvalue weighted by Gasteiger charge is 2.23. The first-order valence-electron chi connectivity index (χ1n) is 9.92. The Morgan fingerprint density at radius 2 is 1.63 bits per heavy atom. The summed E-state index contributed by atoms with van der Waals surface area (Å²) in [7, 11) is 0. The van der Waals surface area contributed by atoms with Crippen molar-refractivity contribution < 1.29 is 14.3 Å². The van der Waals surface area contributed by atoms with Crippen LogP contribution in [-0.4, -0.2) is 22.6 Å². The zero-order valence-corrected chi connectivity index (χ0v) is 16.4. The average Bonchev–Trinajstić information content (AvgIpc) is 3.19. The molecule has 1 unspecified atom stereocenters. The molecule has 3 N–H and O–H groups in total. The molecule has 2 atom stereocenters. The number of carbonyl (C=O) groups excluding carboxylic acids is 1. The van der Waals surface area contributed by atoms with E-state index in [-0.39, 0.29) is 30.7 Å². The fraction of sp³-hybridized carbons (Fsp3) is 0.160.